The lowest BCUT2D eigenvalue weighted by Crippen LogP contribution is -2.30. The highest BCUT2D eigenvalue weighted by Crippen LogP contribution is 2.12. The Morgan fingerprint density at radius 3 is 1.15 bits per heavy atom. The topological polar surface area (TPSA) is 78.9 Å². The molecule has 0 spiro atoms. The number of esters is 3. The predicted molar refractivity (Wildman–Crippen MR) is 292 cm³/mol. The third-order valence-electron chi connectivity index (χ3n) is 10.7. The van der Waals surface area contributed by atoms with Crippen LogP contribution in [-0.4, -0.2) is 37.2 Å². The Hall–Kier alpha value is -4.71. The van der Waals surface area contributed by atoms with Gasteiger partial charge in [-0.15, -0.1) is 0 Å². The zero-order chi connectivity index (χ0) is 49.3. The number of unbranched alkanes of at least 4 members (excludes halogenated alkanes) is 16. The van der Waals surface area contributed by atoms with Crippen molar-refractivity contribution in [3.8, 4) is 0 Å². The minimum Gasteiger partial charge on any atom is -0.462 e. The second-order valence-corrected chi connectivity index (χ2v) is 17.2. The maximum atomic E-state index is 12.8. The molecule has 6 nitrogen and oxygen atoms in total. The fourth-order valence-electron chi connectivity index (χ4n) is 6.69. The van der Waals surface area contributed by atoms with Crippen LogP contribution in [0.5, 0.6) is 0 Å². The fourth-order valence-corrected chi connectivity index (χ4v) is 6.69. The zero-order valence-corrected chi connectivity index (χ0v) is 43.3. The molecule has 6 heteroatoms. The van der Waals surface area contributed by atoms with Crippen molar-refractivity contribution in [2.75, 3.05) is 13.2 Å². The van der Waals surface area contributed by atoms with E-state index >= 15 is 0 Å². The first-order chi connectivity index (χ1) is 33.5. The molecule has 0 bridgehead atoms. The molecule has 0 radical (unpaired) electrons. The quantitative estimate of drug-likeness (QED) is 0.0199. The smallest absolute Gasteiger partial charge is 0.306 e. The lowest BCUT2D eigenvalue weighted by molar-refractivity contribution is -0.166. The van der Waals surface area contributed by atoms with Crippen molar-refractivity contribution in [2.24, 2.45) is 0 Å². The summed E-state index contributed by atoms with van der Waals surface area (Å²) >= 11 is 0. The second-order valence-electron chi connectivity index (χ2n) is 17.2. The van der Waals surface area contributed by atoms with Crippen molar-refractivity contribution in [2.45, 2.75) is 213 Å². The summed E-state index contributed by atoms with van der Waals surface area (Å²) in [6.45, 7) is 6.30. The van der Waals surface area contributed by atoms with Gasteiger partial charge in [0.1, 0.15) is 13.2 Å². The van der Waals surface area contributed by atoms with Crippen LogP contribution >= 0.6 is 0 Å². The molecule has 0 aliphatic rings. The van der Waals surface area contributed by atoms with Gasteiger partial charge < -0.3 is 14.2 Å². The molecule has 68 heavy (non-hydrogen) atoms. The summed E-state index contributed by atoms with van der Waals surface area (Å²) < 4.78 is 16.7. The molecule has 0 aliphatic heterocycles. The molecule has 0 aliphatic carbocycles. The van der Waals surface area contributed by atoms with Gasteiger partial charge in [0.05, 0.1) is 0 Å². The number of carbonyl (C=O) groups is 3. The number of carbonyl (C=O) groups excluding carboxylic acids is 3. The van der Waals surface area contributed by atoms with Gasteiger partial charge in [0.25, 0.3) is 0 Å². The van der Waals surface area contributed by atoms with Crippen LogP contribution in [0.3, 0.4) is 0 Å². The highest BCUT2D eigenvalue weighted by molar-refractivity contribution is 5.71. The molecule has 380 valence electrons. The van der Waals surface area contributed by atoms with E-state index in [1.165, 1.54) is 51.4 Å². The van der Waals surface area contributed by atoms with E-state index in [4.69, 9.17) is 14.2 Å². The summed E-state index contributed by atoms with van der Waals surface area (Å²) in [4.78, 5) is 38.0. The van der Waals surface area contributed by atoms with Gasteiger partial charge in [-0.05, 0) is 96.3 Å². The average molecular weight is 937 g/mol. The van der Waals surface area contributed by atoms with E-state index in [-0.39, 0.29) is 31.6 Å². The van der Waals surface area contributed by atoms with Crippen molar-refractivity contribution in [3.05, 3.63) is 146 Å². The Morgan fingerprint density at radius 1 is 0.324 bits per heavy atom. The van der Waals surface area contributed by atoms with Crippen LogP contribution in [0, 0.1) is 0 Å². The fraction of sp³-hybridized carbons (Fsp3) is 0.565. The van der Waals surface area contributed by atoms with Gasteiger partial charge in [0.2, 0.25) is 0 Å². The van der Waals surface area contributed by atoms with Crippen LogP contribution in [-0.2, 0) is 28.6 Å². The van der Waals surface area contributed by atoms with Crippen LogP contribution in [0.2, 0.25) is 0 Å². The molecule has 0 saturated carbocycles. The molecule has 0 saturated heterocycles. The molecule has 0 rings (SSSR count). The van der Waals surface area contributed by atoms with Crippen LogP contribution < -0.4 is 0 Å². The minimum atomic E-state index is -0.846. The highest BCUT2D eigenvalue weighted by atomic mass is 16.6. The summed E-state index contributed by atoms with van der Waals surface area (Å²) in [6.07, 6.45) is 78.4. The van der Waals surface area contributed by atoms with Crippen molar-refractivity contribution < 1.29 is 28.6 Å². The van der Waals surface area contributed by atoms with Gasteiger partial charge in [0.15, 0.2) is 6.10 Å². The molecule has 1 unspecified atom stereocenters. The Balaban J connectivity index is 4.62. The van der Waals surface area contributed by atoms with Crippen LogP contribution in [0.25, 0.3) is 0 Å². The van der Waals surface area contributed by atoms with Gasteiger partial charge in [-0.25, -0.2) is 0 Å². The molecule has 0 aromatic rings. The Kier molecular flexibility index (Phi) is 51.1. The Morgan fingerprint density at radius 2 is 0.691 bits per heavy atom. The maximum absolute atomic E-state index is 12.8. The molecular formula is C62H96O6. The van der Waals surface area contributed by atoms with Crippen LogP contribution in [0.1, 0.15) is 207 Å². The summed E-state index contributed by atoms with van der Waals surface area (Å²) in [6, 6.07) is 0. The molecular weight excluding hydrogens is 841 g/mol. The highest BCUT2D eigenvalue weighted by Gasteiger charge is 2.19. The van der Waals surface area contributed by atoms with E-state index in [0.717, 1.165) is 109 Å². The summed E-state index contributed by atoms with van der Waals surface area (Å²) in [7, 11) is 0. The molecule has 0 aromatic carbocycles. The average Bonchev–Trinajstić information content (AvgIpc) is 3.34. The van der Waals surface area contributed by atoms with Gasteiger partial charge in [0, 0.05) is 19.3 Å². The number of ether oxygens (including phenoxy) is 3. The van der Waals surface area contributed by atoms with E-state index < -0.39 is 12.1 Å². The van der Waals surface area contributed by atoms with E-state index in [1.807, 2.05) is 48.6 Å². The molecule has 0 heterocycles. The van der Waals surface area contributed by atoms with Crippen molar-refractivity contribution in [1.82, 2.24) is 0 Å². The first-order valence-corrected chi connectivity index (χ1v) is 26.9. The molecule has 0 aromatic heterocycles. The molecule has 0 amide bonds. The Labute approximate surface area is 417 Å². The molecule has 0 N–H and O–H groups in total. The summed E-state index contributed by atoms with van der Waals surface area (Å²) in [5.41, 5.74) is 0. The first kappa shape index (κ1) is 63.3. The lowest BCUT2D eigenvalue weighted by Gasteiger charge is -2.18. The summed E-state index contributed by atoms with van der Waals surface area (Å²) in [5, 5.41) is 0. The third-order valence-corrected chi connectivity index (χ3v) is 10.7. The van der Waals surface area contributed by atoms with E-state index in [1.54, 1.807) is 0 Å². The monoisotopic (exact) mass is 937 g/mol. The maximum Gasteiger partial charge on any atom is 0.306 e. The van der Waals surface area contributed by atoms with Gasteiger partial charge >= 0.3 is 17.9 Å². The standard InChI is InChI=1S/C62H96O6/c1-4-7-10-13-16-19-22-25-28-31-32-35-37-40-43-46-49-52-55-61(64)67-58-59(68-62(65)56-53-50-47-44-41-38-34-30-27-24-21-18-15-12-9-6-3)57-66-60(63)54-51-48-45-42-39-36-33-29-26-23-20-17-14-11-8-5-2/h9-10,12-13,16,18-19,21-22,25,27-33,35-36,38-39,41,47,50,59H,4-8,11,14-15,17,20,23-24,26,34,37,40,42-46,48-49,51-58H2,1-3H3/b12-9-,13-10-,19-16-,21-18-,25-22-,30-27-,31-28-,33-29-,35-32-,39-36-,41-38-,50-47-. The predicted octanol–water partition coefficient (Wildman–Crippen LogP) is 18.0. The van der Waals surface area contributed by atoms with Gasteiger partial charge in [-0.2, -0.15) is 0 Å². The van der Waals surface area contributed by atoms with Crippen LogP contribution in [0.4, 0.5) is 0 Å². The van der Waals surface area contributed by atoms with E-state index in [2.05, 4.69) is 118 Å². The Bertz CT molecular complexity index is 1540. The SMILES string of the molecule is CC/C=C\C/C=C\C/C=C\C/C=C\C/C=C\CCC(=O)OC(COC(=O)CCCCC/C=C\C=C/CCCCCCCCC)COC(=O)CCCCCCC\C=C/C=C\C=C/C=C\C=C/CCC. The van der Waals surface area contributed by atoms with Crippen molar-refractivity contribution in [3.63, 3.8) is 0 Å². The van der Waals surface area contributed by atoms with E-state index in [9.17, 15) is 14.4 Å². The normalized spacial score (nSPS) is 13.3. The zero-order valence-electron chi connectivity index (χ0n) is 43.3. The number of hydrogen-bond acceptors (Lipinski definition) is 6. The second kappa shape index (κ2) is 54.9. The van der Waals surface area contributed by atoms with E-state index in [0.29, 0.717) is 19.3 Å². The van der Waals surface area contributed by atoms with Crippen molar-refractivity contribution >= 4 is 17.9 Å². The minimum absolute atomic E-state index is 0.136. The molecule has 0 fully saturated rings. The van der Waals surface area contributed by atoms with Gasteiger partial charge in [-0.3, -0.25) is 14.4 Å². The van der Waals surface area contributed by atoms with Gasteiger partial charge in [-0.1, -0.05) is 237 Å². The van der Waals surface area contributed by atoms with Crippen molar-refractivity contribution in [1.29, 1.82) is 0 Å². The summed E-state index contributed by atoms with van der Waals surface area (Å²) in [5.74, 6) is -1.08. The number of allylic oxidation sites excluding steroid dienone is 24. The number of hydrogen-bond donors (Lipinski definition) is 0. The molecule has 1 atom stereocenters. The lowest BCUT2D eigenvalue weighted by atomic mass is 10.1. The largest absolute Gasteiger partial charge is 0.462 e. The van der Waals surface area contributed by atoms with Crippen LogP contribution in [0.15, 0.2) is 146 Å². The first-order valence-electron chi connectivity index (χ1n) is 26.9. The number of rotatable bonds is 46. The third kappa shape index (κ3) is 52.3.